The number of aromatic nitrogens is 2. The molecule has 66 valence electrons. The molecule has 1 rings (SSSR count). The molecule has 0 aliphatic carbocycles. The third-order valence-electron chi connectivity index (χ3n) is 1.58. The summed E-state index contributed by atoms with van der Waals surface area (Å²) >= 11 is 5.78. The molecule has 1 unspecified atom stereocenters. The van der Waals surface area contributed by atoms with Gasteiger partial charge in [-0.15, -0.1) is 0 Å². The van der Waals surface area contributed by atoms with Crippen molar-refractivity contribution in [3.05, 3.63) is 16.9 Å². The Hall–Kier alpha value is -0.870. The summed E-state index contributed by atoms with van der Waals surface area (Å²) in [5.74, 6) is 0. The first kappa shape index (κ1) is 9.22. The number of methoxy groups -OCH3 is 1. The van der Waals surface area contributed by atoms with E-state index < -0.39 is 6.10 Å². The van der Waals surface area contributed by atoms with Crippen molar-refractivity contribution in [1.82, 2.24) is 9.78 Å². The summed E-state index contributed by atoms with van der Waals surface area (Å²) in [5.41, 5.74) is 0.578. The summed E-state index contributed by atoms with van der Waals surface area (Å²) in [5, 5.41) is 4.32. The molecule has 0 fully saturated rings. The van der Waals surface area contributed by atoms with E-state index >= 15 is 0 Å². The average molecular weight is 189 g/mol. The average Bonchev–Trinajstić information content (AvgIpc) is 2.38. The second-order valence-corrected chi connectivity index (χ2v) is 2.70. The van der Waals surface area contributed by atoms with Gasteiger partial charge in [-0.3, -0.25) is 9.48 Å². The van der Waals surface area contributed by atoms with E-state index in [2.05, 4.69) is 5.10 Å². The smallest absolute Gasteiger partial charge is 0.155 e. The van der Waals surface area contributed by atoms with Crippen LogP contribution in [0.3, 0.4) is 0 Å². The van der Waals surface area contributed by atoms with E-state index in [-0.39, 0.29) is 0 Å². The number of rotatable bonds is 3. The van der Waals surface area contributed by atoms with Gasteiger partial charge in [0, 0.05) is 14.2 Å². The number of carbonyl (C=O) groups excluding carboxylic acids is 1. The van der Waals surface area contributed by atoms with Gasteiger partial charge in [-0.2, -0.15) is 5.10 Å². The first-order valence-corrected chi connectivity index (χ1v) is 3.74. The van der Waals surface area contributed by atoms with Gasteiger partial charge >= 0.3 is 0 Å². The standard InChI is InChI=1S/C7H9ClN2O2/c1-10-7(5(8)3-9-10)6(4-11)12-2/h3-4,6H,1-2H3. The van der Waals surface area contributed by atoms with Crippen molar-refractivity contribution in [3.63, 3.8) is 0 Å². The quantitative estimate of drug-likeness (QED) is 0.664. The first-order valence-electron chi connectivity index (χ1n) is 3.36. The van der Waals surface area contributed by atoms with Crippen molar-refractivity contribution in [3.8, 4) is 0 Å². The highest BCUT2D eigenvalue weighted by Crippen LogP contribution is 2.22. The SMILES string of the molecule is COC(C=O)c1c(Cl)cnn1C. The van der Waals surface area contributed by atoms with Gasteiger partial charge in [-0.05, 0) is 0 Å². The Morgan fingerprint density at radius 1 is 1.83 bits per heavy atom. The molecule has 1 aromatic heterocycles. The highest BCUT2D eigenvalue weighted by Gasteiger charge is 2.17. The number of aryl methyl sites for hydroxylation is 1. The Morgan fingerprint density at radius 2 is 2.50 bits per heavy atom. The monoisotopic (exact) mass is 188 g/mol. The van der Waals surface area contributed by atoms with Gasteiger partial charge in [0.25, 0.3) is 0 Å². The van der Waals surface area contributed by atoms with Gasteiger partial charge in [0.15, 0.2) is 12.4 Å². The van der Waals surface area contributed by atoms with Crippen LogP contribution < -0.4 is 0 Å². The summed E-state index contributed by atoms with van der Waals surface area (Å²) in [6.45, 7) is 0. The van der Waals surface area contributed by atoms with Gasteiger partial charge in [0.1, 0.15) is 0 Å². The number of hydrogen-bond donors (Lipinski definition) is 0. The Bertz CT molecular complexity index is 265. The molecule has 0 aliphatic heterocycles. The van der Waals surface area contributed by atoms with Crippen LogP contribution in [0.2, 0.25) is 5.02 Å². The minimum Gasteiger partial charge on any atom is -0.368 e. The van der Waals surface area contributed by atoms with Gasteiger partial charge in [0.05, 0.1) is 16.9 Å². The van der Waals surface area contributed by atoms with E-state index in [9.17, 15) is 4.79 Å². The molecule has 0 spiro atoms. The minimum atomic E-state index is -0.634. The van der Waals surface area contributed by atoms with Crippen molar-refractivity contribution in [2.75, 3.05) is 7.11 Å². The Labute approximate surface area is 75.1 Å². The lowest BCUT2D eigenvalue weighted by molar-refractivity contribution is -0.117. The number of carbonyl (C=O) groups is 1. The van der Waals surface area contributed by atoms with E-state index in [0.717, 1.165) is 0 Å². The summed E-state index contributed by atoms with van der Waals surface area (Å²) in [6, 6.07) is 0. The molecule has 0 amide bonds. The van der Waals surface area contributed by atoms with Crippen molar-refractivity contribution in [1.29, 1.82) is 0 Å². The van der Waals surface area contributed by atoms with Gasteiger partial charge < -0.3 is 4.74 Å². The van der Waals surface area contributed by atoms with Crippen LogP contribution in [0.15, 0.2) is 6.20 Å². The molecule has 0 saturated carbocycles. The summed E-state index contributed by atoms with van der Waals surface area (Å²) in [4.78, 5) is 10.5. The third kappa shape index (κ3) is 1.49. The molecular weight excluding hydrogens is 180 g/mol. The van der Waals surface area contributed by atoms with Gasteiger partial charge in [-0.25, -0.2) is 0 Å². The lowest BCUT2D eigenvalue weighted by atomic mass is 10.3. The predicted molar refractivity (Wildman–Crippen MR) is 44.0 cm³/mol. The second kappa shape index (κ2) is 3.69. The molecule has 5 heteroatoms. The van der Waals surface area contributed by atoms with E-state index in [0.29, 0.717) is 17.0 Å². The van der Waals surface area contributed by atoms with E-state index in [1.807, 2.05) is 0 Å². The zero-order valence-electron chi connectivity index (χ0n) is 6.82. The molecule has 0 radical (unpaired) electrons. The largest absolute Gasteiger partial charge is 0.368 e. The molecule has 0 N–H and O–H groups in total. The van der Waals surface area contributed by atoms with Crippen LogP contribution in [-0.4, -0.2) is 23.2 Å². The number of hydrogen-bond acceptors (Lipinski definition) is 3. The fourth-order valence-electron chi connectivity index (χ4n) is 0.972. The molecule has 12 heavy (non-hydrogen) atoms. The van der Waals surface area contributed by atoms with Crippen molar-refractivity contribution < 1.29 is 9.53 Å². The normalized spacial score (nSPS) is 12.9. The zero-order valence-corrected chi connectivity index (χ0v) is 7.58. The Kier molecular flexibility index (Phi) is 2.83. The lowest BCUT2D eigenvalue weighted by Crippen LogP contribution is -2.09. The molecule has 1 heterocycles. The fourth-order valence-corrected chi connectivity index (χ4v) is 1.25. The third-order valence-corrected chi connectivity index (χ3v) is 1.88. The van der Waals surface area contributed by atoms with Gasteiger partial charge in [0.2, 0.25) is 0 Å². The Morgan fingerprint density at radius 3 is 2.83 bits per heavy atom. The van der Waals surface area contributed by atoms with Crippen LogP contribution in [-0.2, 0) is 16.6 Å². The molecule has 0 saturated heterocycles. The van der Waals surface area contributed by atoms with Crippen LogP contribution >= 0.6 is 11.6 Å². The number of aldehydes is 1. The van der Waals surface area contributed by atoms with Crippen molar-refractivity contribution >= 4 is 17.9 Å². The van der Waals surface area contributed by atoms with Crippen LogP contribution in [0.1, 0.15) is 11.8 Å². The van der Waals surface area contributed by atoms with Crippen LogP contribution in [0.25, 0.3) is 0 Å². The molecule has 1 aromatic rings. The molecule has 0 aromatic carbocycles. The summed E-state index contributed by atoms with van der Waals surface area (Å²) in [7, 11) is 3.15. The van der Waals surface area contributed by atoms with Gasteiger partial charge in [-0.1, -0.05) is 11.6 Å². The maximum Gasteiger partial charge on any atom is 0.155 e. The van der Waals surface area contributed by atoms with E-state index in [1.165, 1.54) is 18.0 Å². The zero-order chi connectivity index (χ0) is 9.14. The highest BCUT2D eigenvalue weighted by atomic mass is 35.5. The maximum absolute atomic E-state index is 10.5. The summed E-state index contributed by atoms with van der Waals surface area (Å²) in [6.07, 6.45) is 1.53. The van der Waals surface area contributed by atoms with E-state index in [1.54, 1.807) is 7.05 Å². The predicted octanol–water partition coefficient (Wildman–Crippen LogP) is 0.960. The highest BCUT2D eigenvalue weighted by molar-refractivity contribution is 6.31. The molecule has 0 aliphatic rings. The second-order valence-electron chi connectivity index (χ2n) is 2.29. The fraction of sp³-hybridized carbons (Fsp3) is 0.429. The van der Waals surface area contributed by atoms with Crippen molar-refractivity contribution in [2.24, 2.45) is 7.05 Å². The van der Waals surface area contributed by atoms with Crippen LogP contribution in [0.4, 0.5) is 0 Å². The lowest BCUT2D eigenvalue weighted by Gasteiger charge is -2.08. The van der Waals surface area contributed by atoms with E-state index in [4.69, 9.17) is 16.3 Å². The molecule has 0 bridgehead atoms. The van der Waals surface area contributed by atoms with Crippen LogP contribution in [0, 0.1) is 0 Å². The number of halogens is 1. The molecular formula is C7H9ClN2O2. The van der Waals surface area contributed by atoms with Crippen molar-refractivity contribution in [2.45, 2.75) is 6.10 Å². The topological polar surface area (TPSA) is 44.1 Å². The maximum atomic E-state index is 10.5. The summed E-state index contributed by atoms with van der Waals surface area (Å²) < 4.78 is 6.41. The number of nitrogens with zero attached hydrogens (tertiary/aromatic N) is 2. The molecule has 4 nitrogen and oxygen atoms in total. The minimum absolute atomic E-state index is 0.441. The number of ether oxygens (including phenoxy) is 1. The first-order chi connectivity index (χ1) is 5.70. The Balaban J connectivity index is 3.06. The molecule has 1 atom stereocenters. The van der Waals surface area contributed by atoms with Crippen LogP contribution in [0.5, 0.6) is 0 Å².